The van der Waals surface area contributed by atoms with Crippen LogP contribution in [0.3, 0.4) is 0 Å². The van der Waals surface area contributed by atoms with E-state index in [4.69, 9.17) is 0 Å². The Morgan fingerprint density at radius 1 is 1.15 bits per heavy atom. The van der Waals surface area contributed by atoms with Crippen LogP contribution in [0.4, 0.5) is 0 Å². The highest BCUT2D eigenvalue weighted by molar-refractivity contribution is 5.86. The minimum Gasteiger partial charge on any atom is -0.373 e. The van der Waals surface area contributed by atoms with Crippen molar-refractivity contribution in [2.45, 2.75) is 38.0 Å². The molecule has 1 fully saturated rings. The van der Waals surface area contributed by atoms with E-state index in [1.165, 1.54) is 48.1 Å². The van der Waals surface area contributed by atoms with Gasteiger partial charge >= 0.3 is 0 Å². The Hall–Kier alpha value is -1.32. The van der Waals surface area contributed by atoms with Crippen LogP contribution in [0.5, 0.6) is 0 Å². The van der Waals surface area contributed by atoms with Crippen molar-refractivity contribution in [2.75, 3.05) is 13.1 Å². The summed E-state index contributed by atoms with van der Waals surface area (Å²) < 4.78 is 2.24. The Morgan fingerprint density at radius 3 is 3.00 bits per heavy atom. The Kier molecular flexibility index (Phi) is 2.19. The fourth-order valence-corrected chi connectivity index (χ4v) is 4.93. The van der Waals surface area contributed by atoms with E-state index < -0.39 is 0 Å². The molecule has 0 unspecified atom stereocenters. The maximum atomic E-state index is 10.7. The van der Waals surface area contributed by atoms with Gasteiger partial charge in [-0.3, -0.25) is 4.90 Å². The molecule has 3 nitrogen and oxygen atoms in total. The number of aromatic nitrogens is 1. The molecule has 0 saturated carbocycles. The molecule has 0 radical (unpaired) electrons. The minimum absolute atomic E-state index is 0.331. The zero-order valence-electron chi connectivity index (χ0n) is 11.6. The van der Waals surface area contributed by atoms with E-state index in [1.54, 1.807) is 0 Å². The molecule has 0 amide bonds. The smallest absolute Gasteiger partial charge is 0.131 e. The molecule has 2 aromatic rings. The lowest BCUT2D eigenvalue weighted by Crippen LogP contribution is -2.47. The summed E-state index contributed by atoms with van der Waals surface area (Å²) in [7, 11) is 0. The summed E-state index contributed by atoms with van der Waals surface area (Å²) in [5, 5.41) is 12.0. The van der Waals surface area contributed by atoms with Gasteiger partial charge in [-0.2, -0.15) is 0 Å². The first-order chi connectivity index (χ1) is 9.84. The fourth-order valence-electron chi connectivity index (χ4n) is 4.93. The van der Waals surface area contributed by atoms with Gasteiger partial charge in [-0.1, -0.05) is 18.2 Å². The third-order valence-electron chi connectivity index (χ3n) is 5.66. The van der Waals surface area contributed by atoms with Crippen molar-refractivity contribution >= 4 is 10.9 Å². The van der Waals surface area contributed by atoms with Crippen LogP contribution in [0.15, 0.2) is 24.3 Å². The Balaban J connectivity index is 1.85. The van der Waals surface area contributed by atoms with Crippen LogP contribution in [0.2, 0.25) is 0 Å². The third kappa shape index (κ3) is 1.28. The standard InChI is InChI=1S/C17H20N2O/c20-15-10-11-4-3-8-18-9-7-13-12-5-1-2-6-14(12)19(15)17(13)16(11)18/h1-2,5-6,11,15-16,20H,3-4,7-10H2/t11-,15+,16+/m1/s1. The van der Waals surface area contributed by atoms with Gasteiger partial charge in [-0.05, 0) is 49.8 Å². The first-order valence-electron chi connectivity index (χ1n) is 7.88. The van der Waals surface area contributed by atoms with Crippen molar-refractivity contribution in [3.63, 3.8) is 0 Å². The Morgan fingerprint density at radius 2 is 2.05 bits per heavy atom. The van der Waals surface area contributed by atoms with Gasteiger partial charge in [0.05, 0.1) is 11.6 Å². The molecular formula is C17H20N2O. The maximum Gasteiger partial charge on any atom is 0.131 e. The lowest BCUT2D eigenvalue weighted by atomic mass is 9.78. The molecule has 20 heavy (non-hydrogen) atoms. The number of hydrogen-bond donors (Lipinski definition) is 1. The van der Waals surface area contributed by atoms with Crippen molar-refractivity contribution in [3.05, 3.63) is 35.5 Å². The normalized spacial score (nSPS) is 32.4. The van der Waals surface area contributed by atoms with Gasteiger partial charge < -0.3 is 9.67 Å². The number of para-hydroxylation sites is 1. The molecule has 1 aromatic heterocycles. The fraction of sp³-hybridized carbons (Fsp3) is 0.529. The van der Waals surface area contributed by atoms with Gasteiger partial charge in [-0.25, -0.2) is 0 Å². The average molecular weight is 268 g/mol. The molecule has 3 heteroatoms. The summed E-state index contributed by atoms with van der Waals surface area (Å²) in [4.78, 5) is 2.66. The lowest BCUT2D eigenvalue weighted by molar-refractivity contribution is -0.0148. The number of benzene rings is 1. The Bertz CT molecular complexity index is 690. The second kappa shape index (κ2) is 3.86. The largest absolute Gasteiger partial charge is 0.373 e. The average Bonchev–Trinajstić information content (AvgIpc) is 2.82. The van der Waals surface area contributed by atoms with Crippen LogP contribution in [-0.2, 0) is 6.42 Å². The quantitative estimate of drug-likeness (QED) is 0.796. The summed E-state index contributed by atoms with van der Waals surface area (Å²) >= 11 is 0. The molecule has 1 aromatic carbocycles. The monoisotopic (exact) mass is 268 g/mol. The van der Waals surface area contributed by atoms with Crippen molar-refractivity contribution in [1.82, 2.24) is 9.47 Å². The molecule has 1 saturated heterocycles. The molecular weight excluding hydrogens is 248 g/mol. The van der Waals surface area contributed by atoms with E-state index in [-0.39, 0.29) is 6.23 Å². The second-order valence-electron chi connectivity index (χ2n) is 6.60. The van der Waals surface area contributed by atoms with Crippen molar-refractivity contribution in [1.29, 1.82) is 0 Å². The van der Waals surface area contributed by atoms with Gasteiger partial charge in [0, 0.05) is 17.6 Å². The number of aliphatic hydroxyl groups excluding tert-OH is 1. The van der Waals surface area contributed by atoms with E-state index >= 15 is 0 Å². The van der Waals surface area contributed by atoms with Crippen LogP contribution in [0, 0.1) is 5.92 Å². The molecule has 3 aliphatic heterocycles. The molecule has 5 rings (SSSR count). The SMILES string of the molecule is O[C@H]1C[C@H]2CCCN3CCc4c(n1c1ccccc41)[C@H]23. The van der Waals surface area contributed by atoms with Crippen LogP contribution >= 0.6 is 0 Å². The van der Waals surface area contributed by atoms with E-state index in [1.807, 2.05) is 0 Å². The third-order valence-corrected chi connectivity index (χ3v) is 5.66. The molecule has 1 N–H and O–H groups in total. The summed E-state index contributed by atoms with van der Waals surface area (Å²) in [6, 6.07) is 9.18. The number of aliphatic hydroxyl groups is 1. The predicted octanol–water partition coefficient (Wildman–Crippen LogP) is 2.85. The summed E-state index contributed by atoms with van der Waals surface area (Å²) in [5.74, 6) is 0.648. The summed E-state index contributed by atoms with van der Waals surface area (Å²) in [6.07, 6.45) is 4.30. The van der Waals surface area contributed by atoms with Gasteiger partial charge in [0.2, 0.25) is 0 Å². The first kappa shape index (κ1) is 11.4. The van der Waals surface area contributed by atoms with Gasteiger partial charge in [0.25, 0.3) is 0 Å². The number of hydrogen-bond acceptors (Lipinski definition) is 2. The molecule has 104 valence electrons. The highest BCUT2D eigenvalue weighted by Gasteiger charge is 2.44. The van der Waals surface area contributed by atoms with Gasteiger partial charge in [-0.15, -0.1) is 0 Å². The predicted molar refractivity (Wildman–Crippen MR) is 78.6 cm³/mol. The Labute approximate surface area is 118 Å². The lowest BCUT2D eigenvalue weighted by Gasteiger charge is -2.48. The number of fused-ring (bicyclic) bond motifs is 3. The van der Waals surface area contributed by atoms with E-state index in [0.717, 1.165) is 12.8 Å². The highest BCUT2D eigenvalue weighted by Crippen LogP contribution is 2.50. The maximum absolute atomic E-state index is 10.7. The van der Waals surface area contributed by atoms with Crippen LogP contribution < -0.4 is 0 Å². The molecule has 0 aliphatic carbocycles. The number of rotatable bonds is 0. The molecule has 0 bridgehead atoms. The molecule has 3 atom stereocenters. The van der Waals surface area contributed by atoms with Crippen molar-refractivity contribution in [2.24, 2.45) is 5.92 Å². The van der Waals surface area contributed by atoms with Crippen LogP contribution in [0.25, 0.3) is 10.9 Å². The van der Waals surface area contributed by atoms with Crippen molar-refractivity contribution in [3.8, 4) is 0 Å². The molecule has 3 aliphatic rings. The zero-order valence-corrected chi connectivity index (χ0v) is 11.6. The van der Waals surface area contributed by atoms with Crippen LogP contribution in [0.1, 0.15) is 42.8 Å². The number of nitrogens with zero attached hydrogens (tertiary/aromatic N) is 2. The highest BCUT2D eigenvalue weighted by atomic mass is 16.3. The van der Waals surface area contributed by atoms with Gasteiger partial charge in [0.15, 0.2) is 0 Å². The molecule has 4 heterocycles. The zero-order chi connectivity index (χ0) is 13.3. The molecule has 0 spiro atoms. The van der Waals surface area contributed by atoms with Crippen LogP contribution in [-0.4, -0.2) is 27.7 Å². The summed E-state index contributed by atoms with van der Waals surface area (Å²) in [6.45, 7) is 2.43. The van der Waals surface area contributed by atoms with E-state index in [0.29, 0.717) is 12.0 Å². The van der Waals surface area contributed by atoms with Crippen molar-refractivity contribution < 1.29 is 5.11 Å². The van der Waals surface area contributed by atoms with E-state index in [9.17, 15) is 5.11 Å². The summed E-state index contributed by atoms with van der Waals surface area (Å²) in [5.41, 5.74) is 4.17. The topological polar surface area (TPSA) is 28.4 Å². The second-order valence-corrected chi connectivity index (χ2v) is 6.60. The first-order valence-corrected chi connectivity index (χ1v) is 7.88. The minimum atomic E-state index is -0.331. The number of piperidine rings is 1. The van der Waals surface area contributed by atoms with E-state index in [2.05, 4.69) is 33.7 Å². The van der Waals surface area contributed by atoms with Gasteiger partial charge in [0.1, 0.15) is 6.23 Å².